The predicted molar refractivity (Wildman–Crippen MR) is 111 cm³/mol. The third-order valence-electron chi connectivity index (χ3n) is 6.32. The highest BCUT2D eigenvalue weighted by Gasteiger charge is 2.39. The third-order valence-corrected chi connectivity index (χ3v) is 6.32. The summed E-state index contributed by atoms with van der Waals surface area (Å²) in [6, 6.07) is 12.1. The number of hydrogen-bond acceptors (Lipinski definition) is 3. The first kappa shape index (κ1) is 16.4. The molecule has 5 rings (SSSR count). The minimum absolute atomic E-state index is 0.112. The Balaban J connectivity index is 1.69. The van der Waals surface area contributed by atoms with Crippen molar-refractivity contribution in [3.05, 3.63) is 58.8 Å². The molecule has 1 aliphatic carbocycles. The second-order valence-corrected chi connectivity index (χ2v) is 8.41. The van der Waals surface area contributed by atoms with Gasteiger partial charge in [-0.05, 0) is 55.2 Å². The lowest BCUT2D eigenvalue weighted by Gasteiger charge is -2.35. The van der Waals surface area contributed by atoms with E-state index in [1.807, 2.05) is 24.3 Å². The van der Waals surface area contributed by atoms with E-state index in [1.54, 1.807) is 0 Å². The number of fused-ring (bicyclic) bond motifs is 4. The van der Waals surface area contributed by atoms with E-state index >= 15 is 0 Å². The van der Waals surface area contributed by atoms with Gasteiger partial charge in [0.15, 0.2) is 5.78 Å². The van der Waals surface area contributed by atoms with Crippen molar-refractivity contribution < 1.29 is 4.79 Å². The van der Waals surface area contributed by atoms with Gasteiger partial charge in [0, 0.05) is 52.0 Å². The molecule has 0 unspecified atom stereocenters. The minimum atomic E-state index is -0.266. The molecule has 0 bridgehead atoms. The number of nitrogens with two attached hydrogens (primary N) is 1. The van der Waals surface area contributed by atoms with Gasteiger partial charge in [-0.2, -0.15) is 0 Å². The summed E-state index contributed by atoms with van der Waals surface area (Å²) in [7, 11) is 0. The van der Waals surface area contributed by atoms with E-state index in [4.69, 9.17) is 5.73 Å². The maximum Gasteiger partial charge on any atom is 0.195 e. The number of piperidine rings is 1. The summed E-state index contributed by atoms with van der Waals surface area (Å²) >= 11 is 0. The van der Waals surface area contributed by atoms with Crippen molar-refractivity contribution in [3.63, 3.8) is 0 Å². The highest BCUT2D eigenvalue weighted by molar-refractivity contribution is 6.20. The largest absolute Gasteiger partial charge is 0.399 e. The van der Waals surface area contributed by atoms with Gasteiger partial charge in [0.25, 0.3) is 0 Å². The Labute approximate surface area is 159 Å². The molecule has 4 nitrogen and oxygen atoms in total. The molecule has 3 aromatic rings. The summed E-state index contributed by atoms with van der Waals surface area (Å²) in [6.07, 6.45) is 3.80. The van der Waals surface area contributed by atoms with E-state index in [2.05, 4.69) is 35.9 Å². The molecule has 0 atom stereocenters. The number of nitrogens with zero attached hydrogens (tertiary/aromatic N) is 1. The van der Waals surface area contributed by atoms with Crippen LogP contribution >= 0.6 is 0 Å². The van der Waals surface area contributed by atoms with Crippen LogP contribution in [0, 0.1) is 0 Å². The molecular weight excluding hydrogens is 334 g/mol. The number of hydrogen-bond donors (Lipinski definition) is 2. The number of nitrogens with one attached hydrogen (secondary N) is 1. The van der Waals surface area contributed by atoms with Gasteiger partial charge >= 0.3 is 0 Å². The van der Waals surface area contributed by atoms with Gasteiger partial charge in [0.2, 0.25) is 0 Å². The maximum atomic E-state index is 13.4. The Morgan fingerprint density at radius 2 is 1.81 bits per heavy atom. The van der Waals surface area contributed by atoms with Crippen LogP contribution in [0.4, 0.5) is 11.4 Å². The molecule has 2 aliphatic rings. The van der Waals surface area contributed by atoms with Crippen molar-refractivity contribution in [2.75, 3.05) is 23.7 Å². The standard InChI is InChI=1S/C23H25N3O/c1-23(2)18-13-15(26-10-4-3-5-11-26)7-9-16(18)21(27)20-17-8-6-14(24)12-19(17)25-22(20)23/h6-9,12-13,25H,3-5,10-11,24H2,1-2H3. The number of carbonyl (C=O) groups excluding carboxylic acids is 1. The Bertz CT molecular complexity index is 1070. The first-order chi connectivity index (χ1) is 13.0. The molecule has 0 spiro atoms. The first-order valence-corrected chi connectivity index (χ1v) is 9.82. The van der Waals surface area contributed by atoms with Crippen LogP contribution in [0.2, 0.25) is 0 Å². The Morgan fingerprint density at radius 3 is 2.59 bits per heavy atom. The smallest absolute Gasteiger partial charge is 0.195 e. The molecule has 27 heavy (non-hydrogen) atoms. The van der Waals surface area contributed by atoms with E-state index in [1.165, 1.54) is 24.9 Å². The monoisotopic (exact) mass is 359 g/mol. The van der Waals surface area contributed by atoms with Crippen molar-refractivity contribution >= 4 is 28.1 Å². The zero-order valence-corrected chi connectivity index (χ0v) is 15.9. The van der Waals surface area contributed by atoms with Crippen molar-refractivity contribution in [1.82, 2.24) is 4.98 Å². The van der Waals surface area contributed by atoms with Gasteiger partial charge in [-0.25, -0.2) is 0 Å². The Kier molecular flexibility index (Phi) is 3.42. The van der Waals surface area contributed by atoms with Crippen molar-refractivity contribution in [3.8, 4) is 0 Å². The first-order valence-electron chi connectivity index (χ1n) is 9.82. The molecule has 4 heteroatoms. The van der Waals surface area contributed by atoms with Gasteiger partial charge < -0.3 is 15.6 Å². The van der Waals surface area contributed by atoms with Crippen LogP contribution in [0.5, 0.6) is 0 Å². The van der Waals surface area contributed by atoms with Crippen molar-refractivity contribution in [2.24, 2.45) is 0 Å². The summed E-state index contributed by atoms with van der Waals surface area (Å²) < 4.78 is 0. The molecule has 0 saturated carbocycles. The quantitative estimate of drug-likeness (QED) is 0.624. The fraction of sp³-hybridized carbons (Fsp3) is 0.348. The van der Waals surface area contributed by atoms with Crippen molar-refractivity contribution in [2.45, 2.75) is 38.5 Å². The Hall–Kier alpha value is -2.75. The zero-order chi connectivity index (χ0) is 18.8. The van der Waals surface area contributed by atoms with E-state index in [0.29, 0.717) is 5.69 Å². The number of rotatable bonds is 1. The fourth-order valence-electron chi connectivity index (χ4n) is 4.79. The van der Waals surface area contributed by atoms with E-state index in [9.17, 15) is 4.79 Å². The van der Waals surface area contributed by atoms with E-state index in [-0.39, 0.29) is 11.2 Å². The zero-order valence-electron chi connectivity index (χ0n) is 15.9. The lowest BCUT2D eigenvalue weighted by atomic mass is 9.71. The number of carbonyl (C=O) groups is 1. The van der Waals surface area contributed by atoms with Gasteiger partial charge in [0.05, 0.1) is 5.56 Å². The number of aromatic amines is 1. The topological polar surface area (TPSA) is 62.1 Å². The number of benzene rings is 2. The second kappa shape index (κ2) is 5.62. The number of H-pyrrole nitrogens is 1. The summed E-state index contributed by atoms with van der Waals surface area (Å²) in [5.41, 5.74) is 12.3. The summed E-state index contributed by atoms with van der Waals surface area (Å²) in [6.45, 7) is 6.61. The lowest BCUT2D eigenvalue weighted by molar-refractivity contribution is 0.103. The van der Waals surface area contributed by atoms with Crippen LogP contribution in [-0.4, -0.2) is 23.9 Å². The molecule has 1 saturated heterocycles. The van der Waals surface area contributed by atoms with Crippen LogP contribution in [-0.2, 0) is 5.41 Å². The molecule has 3 N–H and O–H groups in total. The predicted octanol–water partition coefficient (Wildman–Crippen LogP) is 4.61. The van der Waals surface area contributed by atoms with Crippen molar-refractivity contribution in [1.29, 1.82) is 0 Å². The summed E-state index contributed by atoms with van der Waals surface area (Å²) in [5, 5.41) is 0.961. The Morgan fingerprint density at radius 1 is 1.04 bits per heavy atom. The van der Waals surface area contributed by atoms with Crippen LogP contribution in [0.1, 0.15) is 60.3 Å². The summed E-state index contributed by atoms with van der Waals surface area (Å²) in [5.74, 6) is 0.112. The van der Waals surface area contributed by atoms with Crippen LogP contribution in [0.25, 0.3) is 10.9 Å². The van der Waals surface area contributed by atoms with Crippen LogP contribution in [0.3, 0.4) is 0 Å². The minimum Gasteiger partial charge on any atom is -0.399 e. The maximum absolute atomic E-state index is 13.4. The van der Waals surface area contributed by atoms with Gasteiger partial charge in [-0.3, -0.25) is 4.79 Å². The highest BCUT2D eigenvalue weighted by atomic mass is 16.1. The van der Waals surface area contributed by atoms with E-state index < -0.39 is 0 Å². The molecule has 1 aliphatic heterocycles. The normalized spacial score (nSPS) is 18.4. The second-order valence-electron chi connectivity index (χ2n) is 8.41. The lowest BCUT2D eigenvalue weighted by Crippen LogP contribution is -2.33. The number of aromatic nitrogens is 1. The average Bonchev–Trinajstić information content (AvgIpc) is 3.06. The number of anilines is 2. The molecule has 1 fully saturated rings. The molecule has 2 aromatic carbocycles. The number of ketones is 1. The van der Waals surface area contributed by atoms with Gasteiger partial charge in [-0.1, -0.05) is 19.9 Å². The highest BCUT2D eigenvalue weighted by Crippen LogP contribution is 2.45. The van der Waals surface area contributed by atoms with Crippen LogP contribution in [0.15, 0.2) is 36.4 Å². The van der Waals surface area contributed by atoms with Crippen LogP contribution < -0.4 is 10.6 Å². The average molecular weight is 359 g/mol. The molecule has 0 amide bonds. The summed E-state index contributed by atoms with van der Waals surface area (Å²) in [4.78, 5) is 19.3. The molecule has 0 radical (unpaired) electrons. The number of nitrogen functional groups attached to an aromatic ring is 1. The van der Waals surface area contributed by atoms with Gasteiger partial charge in [-0.15, -0.1) is 0 Å². The molecular formula is C23H25N3O. The van der Waals surface area contributed by atoms with Gasteiger partial charge in [0.1, 0.15) is 0 Å². The van der Waals surface area contributed by atoms with E-state index in [0.717, 1.165) is 46.4 Å². The molecule has 138 valence electrons. The third kappa shape index (κ3) is 2.32. The molecule has 2 heterocycles. The molecule has 1 aromatic heterocycles. The SMILES string of the molecule is CC1(C)c2cc(N3CCCCC3)ccc2C(=O)c2c1[nH]c1cc(N)ccc21. The fourth-order valence-corrected chi connectivity index (χ4v) is 4.79.